The van der Waals surface area contributed by atoms with Gasteiger partial charge in [-0.1, -0.05) is 12.1 Å². The molecule has 25 heavy (non-hydrogen) atoms. The van der Waals surface area contributed by atoms with Gasteiger partial charge >= 0.3 is 5.76 Å². The van der Waals surface area contributed by atoms with E-state index in [4.69, 9.17) is 0 Å². The summed E-state index contributed by atoms with van der Waals surface area (Å²) in [7, 11) is -4.65. The number of carbonyl (C=O) groups excluding carboxylic acids is 1. The van der Waals surface area contributed by atoms with Crippen molar-refractivity contribution in [3.63, 3.8) is 0 Å². The normalized spacial score (nSPS) is 19.6. The van der Waals surface area contributed by atoms with Gasteiger partial charge in [-0.05, 0) is 37.8 Å². The van der Waals surface area contributed by atoms with Gasteiger partial charge in [-0.2, -0.15) is 8.78 Å². The number of piperidine rings is 1. The lowest BCUT2D eigenvalue weighted by Crippen LogP contribution is -2.42. The smallest absolute Gasteiger partial charge is 0.341 e. The van der Waals surface area contributed by atoms with Crippen LogP contribution in [0.2, 0.25) is 0 Å². The summed E-state index contributed by atoms with van der Waals surface area (Å²) in [6.45, 7) is 2.60. The second-order valence-electron chi connectivity index (χ2n) is 6.57. The maximum atomic E-state index is 12.9. The highest BCUT2D eigenvalue weighted by molar-refractivity contribution is 7.91. The summed E-state index contributed by atoms with van der Waals surface area (Å²) in [6.07, 6.45) is 3.31. The van der Waals surface area contributed by atoms with Crippen LogP contribution in [0.15, 0.2) is 29.2 Å². The van der Waals surface area contributed by atoms with E-state index in [0.29, 0.717) is 31.6 Å². The molecular weight excluding hydrogens is 350 g/mol. The van der Waals surface area contributed by atoms with Gasteiger partial charge in [0.25, 0.3) is 0 Å². The Morgan fingerprint density at radius 1 is 1.04 bits per heavy atom. The standard InChI is InChI=1S/C17H22F2N2O3S/c18-17(19)25(23,24)15-6-2-1-5-14(15)20-11-7-13(8-12-20)16(22)21-9-3-4-10-21/h1-2,5-6,13,17H,3-4,7-12H2. The fourth-order valence-electron chi connectivity index (χ4n) is 3.62. The predicted octanol–water partition coefficient (Wildman–Crippen LogP) is 2.52. The first-order valence-electron chi connectivity index (χ1n) is 8.56. The highest BCUT2D eigenvalue weighted by Crippen LogP contribution is 2.32. The van der Waals surface area contributed by atoms with E-state index in [0.717, 1.165) is 25.9 Å². The Kier molecular flexibility index (Phi) is 5.27. The number of para-hydroxylation sites is 1. The number of likely N-dealkylation sites (tertiary alicyclic amines) is 1. The molecule has 0 N–H and O–H groups in total. The average Bonchev–Trinajstić information content (AvgIpc) is 3.16. The second kappa shape index (κ2) is 7.27. The minimum Gasteiger partial charge on any atom is -0.370 e. The molecule has 2 aliphatic rings. The van der Waals surface area contributed by atoms with E-state index in [1.54, 1.807) is 17.0 Å². The first-order valence-corrected chi connectivity index (χ1v) is 10.1. The summed E-state index contributed by atoms with van der Waals surface area (Å²) < 4.78 is 49.7. The number of hydrogen-bond acceptors (Lipinski definition) is 4. The van der Waals surface area contributed by atoms with Crippen molar-refractivity contribution in [2.75, 3.05) is 31.1 Å². The largest absolute Gasteiger partial charge is 0.370 e. The number of carbonyl (C=O) groups is 1. The fourth-order valence-corrected chi connectivity index (χ4v) is 4.57. The summed E-state index contributed by atoms with van der Waals surface area (Å²) in [5.74, 6) is -3.33. The lowest BCUT2D eigenvalue weighted by molar-refractivity contribution is -0.135. The molecule has 0 radical (unpaired) electrons. The zero-order valence-corrected chi connectivity index (χ0v) is 14.7. The van der Waals surface area contributed by atoms with Crippen LogP contribution in [0, 0.1) is 5.92 Å². The van der Waals surface area contributed by atoms with Crippen LogP contribution in [0.1, 0.15) is 25.7 Å². The molecule has 2 heterocycles. The third kappa shape index (κ3) is 3.63. The van der Waals surface area contributed by atoms with Gasteiger partial charge in [0.05, 0.1) is 10.6 Å². The molecule has 3 rings (SSSR count). The maximum Gasteiger partial charge on any atom is 0.341 e. The first-order chi connectivity index (χ1) is 11.9. The van der Waals surface area contributed by atoms with Gasteiger partial charge in [-0.25, -0.2) is 8.42 Å². The van der Waals surface area contributed by atoms with Gasteiger partial charge in [0.15, 0.2) is 0 Å². The Labute approximate surface area is 146 Å². The second-order valence-corrected chi connectivity index (χ2v) is 8.45. The SMILES string of the molecule is O=C(C1CCN(c2ccccc2S(=O)(=O)C(F)F)CC1)N1CCCC1. The van der Waals surface area contributed by atoms with Crippen LogP contribution in [0.3, 0.4) is 0 Å². The van der Waals surface area contributed by atoms with Crippen molar-refractivity contribution in [2.45, 2.75) is 36.3 Å². The van der Waals surface area contributed by atoms with Gasteiger partial charge < -0.3 is 9.80 Å². The fraction of sp³-hybridized carbons (Fsp3) is 0.588. The van der Waals surface area contributed by atoms with Gasteiger partial charge in [-0.3, -0.25) is 4.79 Å². The summed E-state index contributed by atoms with van der Waals surface area (Å²) >= 11 is 0. The molecule has 0 aliphatic carbocycles. The number of sulfone groups is 1. The molecule has 5 nitrogen and oxygen atoms in total. The summed E-state index contributed by atoms with van der Waals surface area (Å²) in [4.78, 5) is 15.8. The molecule has 2 fully saturated rings. The molecule has 1 amide bonds. The van der Waals surface area contributed by atoms with Gasteiger partial charge in [0.2, 0.25) is 15.7 Å². The van der Waals surface area contributed by atoms with E-state index >= 15 is 0 Å². The van der Waals surface area contributed by atoms with E-state index in [9.17, 15) is 22.0 Å². The van der Waals surface area contributed by atoms with Gasteiger partial charge in [0, 0.05) is 32.1 Å². The van der Waals surface area contributed by atoms with Crippen molar-refractivity contribution in [3.8, 4) is 0 Å². The highest BCUT2D eigenvalue weighted by atomic mass is 32.2. The third-order valence-corrected chi connectivity index (χ3v) is 6.44. The molecule has 0 bridgehead atoms. The number of anilines is 1. The van der Waals surface area contributed by atoms with E-state index in [1.165, 1.54) is 12.1 Å². The van der Waals surface area contributed by atoms with Crippen molar-refractivity contribution in [1.29, 1.82) is 0 Å². The summed E-state index contributed by atoms with van der Waals surface area (Å²) in [6, 6.07) is 5.86. The van der Waals surface area contributed by atoms with Crippen LogP contribution < -0.4 is 4.90 Å². The molecule has 0 aromatic heterocycles. The quantitative estimate of drug-likeness (QED) is 0.815. The monoisotopic (exact) mass is 372 g/mol. The Balaban J connectivity index is 1.72. The van der Waals surface area contributed by atoms with Crippen LogP contribution in [0.25, 0.3) is 0 Å². The molecule has 2 aliphatic heterocycles. The maximum absolute atomic E-state index is 12.9. The first kappa shape index (κ1) is 18.1. The molecule has 0 unspecified atom stereocenters. The number of alkyl halides is 2. The van der Waals surface area contributed by atoms with Crippen molar-refractivity contribution < 1.29 is 22.0 Å². The number of halogens is 2. The Hall–Kier alpha value is -1.70. The Morgan fingerprint density at radius 2 is 1.64 bits per heavy atom. The van der Waals surface area contributed by atoms with Crippen LogP contribution in [0.4, 0.5) is 14.5 Å². The number of amides is 1. The van der Waals surface area contributed by atoms with Crippen LogP contribution in [-0.2, 0) is 14.6 Å². The molecule has 1 aromatic carbocycles. The van der Waals surface area contributed by atoms with E-state index in [2.05, 4.69) is 0 Å². The zero-order valence-electron chi connectivity index (χ0n) is 13.9. The summed E-state index contributed by atoms with van der Waals surface area (Å²) in [5.41, 5.74) is 0.301. The Bertz CT molecular complexity index is 725. The minimum atomic E-state index is -4.65. The molecule has 0 atom stereocenters. The topological polar surface area (TPSA) is 57.7 Å². The lowest BCUT2D eigenvalue weighted by Gasteiger charge is -2.35. The molecule has 8 heteroatoms. The molecule has 2 saturated heterocycles. The van der Waals surface area contributed by atoms with Crippen molar-refractivity contribution in [2.24, 2.45) is 5.92 Å². The Morgan fingerprint density at radius 3 is 2.24 bits per heavy atom. The highest BCUT2D eigenvalue weighted by Gasteiger charge is 2.33. The van der Waals surface area contributed by atoms with Gasteiger partial charge in [0.1, 0.15) is 0 Å². The van der Waals surface area contributed by atoms with Crippen molar-refractivity contribution in [3.05, 3.63) is 24.3 Å². The molecule has 0 saturated carbocycles. The lowest BCUT2D eigenvalue weighted by atomic mass is 9.95. The number of rotatable bonds is 4. The van der Waals surface area contributed by atoms with Crippen molar-refractivity contribution >= 4 is 21.4 Å². The number of hydrogen-bond donors (Lipinski definition) is 0. The molecule has 0 spiro atoms. The predicted molar refractivity (Wildman–Crippen MR) is 90.4 cm³/mol. The molecule has 138 valence electrons. The van der Waals surface area contributed by atoms with E-state index in [1.807, 2.05) is 4.90 Å². The number of nitrogens with zero attached hydrogens (tertiary/aromatic N) is 2. The van der Waals surface area contributed by atoms with Crippen LogP contribution in [0.5, 0.6) is 0 Å². The zero-order chi connectivity index (χ0) is 18.0. The minimum absolute atomic E-state index is 0.0618. The molecular formula is C17H22F2N2O3S. The van der Waals surface area contributed by atoms with E-state index in [-0.39, 0.29) is 16.7 Å². The van der Waals surface area contributed by atoms with Crippen LogP contribution >= 0.6 is 0 Å². The van der Waals surface area contributed by atoms with E-state index < -0.39 is 15.6 Å². The van der Waals surface area contributed by atoms with Gasteiger partial charge in [-0.15, -0.1) is 0 Å². The molecule has 1 aromatic rings. The number of benzene rings is 1. The summed E-state index contributed by atoms with van der Waals surface area (Å²) in [5, 5.41) is 0. The average molecular weight is 372 g/mol. The third-order valence-electron chi connectivity index (χ3n) is 5.01. The van der Waals surface area contributed by atoms with Crippen LogP contribution in [-0.4, -0.2) is 51.2 Å². The van der Waals surface area contributed by atoms with Crippen molar-refractivity contribution in [1.82, 2.24) is 4.90 Å².